The molecule has 6 heteroatoms. The Hall–Kier alpha value is -3.15. The predicted molar refractivity (Wildman–Crippen MR) is 103 cm³/mol. The van der Waals surface area contributed by atoms with Crippen LogP contribution < -0.4 is 19.5 Å². The summed E-state index contributed by atoms with van der Waals surface area (Å²) in [6.45, 7) is 3.39. The molecule has 1 amide bonds. The molecular formula is C21H23NO5. The molecule has 6 nitrogen and oxygen atoms in total. The minimum Gasteiger partial charge on any atom is -0.497 e. The number of hydrogen-bond acceptors (Lipinski definition) is 5. The van der Waals surface area contributed by atoms with Crippen molar-refractivity contribution in [2.24, 2.45) is 0 Å². The Kier molecular flexibility index (Phi) is 6.20. The zero-order chi connectivity index (χ0) is 19.1. The molecule has 0 fully saturated rings. The lowest BCUT2D eigenvalue weighted by atomic mass is 10.1. The normalized spacial score (nSPS) is 10.6. The number of fused-ring (bicyclic) bond motifs is 1. The van der Waals surface area contributed by atoms with E-state index in [1.165, 1.54) is 0 Å². The zero-order valence-electron chi connectivity index (χ0n) is 15.5. The summed E-state index contributed by atoms with van der Waals surface area (Å²) in [5.41, 5.74) is 1.55. The Morgan fingerprint density at radius 3 is 2.44 bits per heavy atom. The van der Waals surface area contributed by atoms with Gasteiger partial charge in [-0.25, -0.2) is 0 Å². The van der Waals surface area contributed by atoms with E-state index < -0.39 is 0 Å². The molecule has 0 saturated heterocycles. The van der Waals surface area contributed by atoms with E-state index in [2.05, 4.69) is 5.32 Å². The molecule has 1 aromatic heterocycles. The molecule has 0 aliphatic carbocycles. The number of nitrogens with one attached hydrogen (secondary N) is 1. The van der Waals surface area contributed by atoms with Crippen molar-refractivity contribution in [1.82, 2.24) is 5.32 Å². The number of ether oxygens (including phenoxy) is 3. The largest absolute Gasteiger partial charge is 0.497 e. The number of carbonyl (C=O) groups is 1. The Labute approximate surface area is 158 Å². The van der Waals surface area contributed by atoms with Crippen molar-refractivity contribution in [3.05, 3.63) is 54.3 Å². The van der Waals surface area contributed by atoms with Gasteiger partial charge in [-0.1, -0.05) is 0 Å². The third-order valence-corrected chi connectivity index (χ3v) is 4.04. The first-order valence-corrected chi connectivity index (χ1v) is 8.86. The van der Waals surface area contributed by atoms with E-state index in [1.54, 1.807) is 19.4 Å². The third kappa shape index (κ3) is 4.94. The van der Waals surface area contributed by atoms with Crippen molar-refractivity contribution in [1.29, 1.82) is 0 Å². The van der Waals surface area contributed by atoms with Crippen LogP contribution in [0.15, 0.2) is 53.1 Å². The Morgan fingerprint density at radius 2 is 1.74 bits per heavy atom. The second kappa shape index (κ2) is 8.98. The maximum Gasteiger partial charge on any atom is 0.224 e. The topological polar surface area (TPSA) is 69.9 Å². The first kappa shape index (κ1) is 18.6. The summed E-state index contributed by atoms with van der Waals surface area (Å²) < 4.78 is 21.7. The molecule has 1 N–H and O–H groups in total. The van der Waals surface area contributed by atoms with Crippen LogP contribution in [0.2, 0.25) is 0 Å². The monoisotopic (exact) mass is 369 g/mol. The van der Waals surface area contributed by atoms with E-state index in [9.17, 15) is 4.79 Å². The van der Waals surface area contributed by atoms with Crippen molar-refractivity contribution in [2.75, 3.05) is 26.9 Å². The smallest absolute Gasteiger partial charge is 0.224 e. The zero-order valence-corrected chi connectivity index (χ0v) is 15.5. The summed E-state index contributed by atoms with van der Waals surface area (Å²) in [5.74, 6) is 2.19. The van der Waals surface area contributed by atoms with Crippen molar-refractivity contribution < 1.29 is 23.4 Å². The van der Waals surface area contributed by atoms with E-state index in [0.717, 1.165) is 28.2 Å². The quantitative estimate of drug-likeness (QED) is 0.584. The average molecular weight is 369 g/mol. The first-order chi connectivity index (χ1) is 13.2. The number of rotatable bonds is 9. The summed E-state index contributed by atoms with van der Waals surface area (Å²) in [6.07, 6.45) is 1.86. The first-order valence-electron chi connectivity index (χ1n) is 8.86. The molecule has 2 aromatic carbocycles. The Balaban J connectivity index is 1.44. The maximum atomic E-state index is 12.2. The van der Waals surface area contributed by atoms with Gasteiger partial charge in [-0.2, -0.15) is 0 Å². The number of furan rings is 1. The van der Waals surface area contributed by atoms with Crippen molar-refractivity contribution in [2.45, 2.75) is 13.3 Å². The van der Waals surface area contributed by atoms with Gasteiger partial charge in [-0.3, -0.25) is 4.79 Å². The molecule has 3 aromatic rings. The summed E-state index contributed by atoms with van der Waals surface area (Å²) in [5, 5.41) is 3.77. The lowest BCUT2D eigenvalue weighted by Crippen LogP contribution is -2.29. The molecular weight excluding hydrogens is 346 g/mol. The van der Waals surface area contributed by atoms with E-state index >= 15 is 0 Å². The number of carbonyl (C=O) groups excluding carboxylic acids is 1. The van der Waals surface area contributed by atoms with E-state index in [1.807, 2.05) is 43.3 Å². The van der Waals surface area contributed by atoms with Crippen LogP contribution in [-0.4, -0.2) is 32.8 Å². The van der Waals surface area contributed by atoms with E-state index in [4.69, 9.17) is 18.6 Å². The molecule has 0 radical (unpaired) electrons. The second-order valence-corrected chi connectivity index (χ2v) is 5.90. The summed E-state index contributed by atoms with van der Waals surface area (Å²) >= 11 is 0. The Morgan fingerprint density at radius 1 is 1.04 bits per heavy atom. The van der Waals surface area contributed by atoms with Crippen molar-refractivity contribution in [3.63, 3.8) is 0 Å². The fourth-order valence-electron chi connectivity index (χ4n) is 2.72. The van der Waals surface area contributed by atoms with E-state index in [-0.39, 0.29) is 12.3 Å². The third-order valence-electron chi connectivity index (χ3n) is 4.04. The fraction of sp³-hybridized carbons (Fsp3) is 0.286. The number of hydrogen-bond donors (Lipinski definition) is 1. The summed E-state index contributed by atoms with van der Waals surface area (Å²) in [7, 11) is 1.61. The second-order valence-electron chi connectivity index (χ2n) is 5.90. The molecule has 0 atom stereocenters. The highest BCUT2D eigenvalue weighted by molar-refractivity contribution is 5.88. The van der Waals surface area contributed by atoms with Crippen LogP contribution >= 0.6 is 0 Å². The van der Waals surface area contributed by atoms with Crippen molar-refractivity contribution in [3.8, 4) is 17.2 Å². The highest BCUT2D eigenvalue weighted by Crippen LogP contribution is 2.25. The van der Waals surface area contributed by atoms with Crippen LogP contribution in [0.3, 0.4) is 0 Å². The lowest BCUT2D eigenvalue weighted by molar-refractivity contribution is -0.120. The number of amides is 1. The van der Waals surface area contributed by atoms with Gasteiger partial charge in [-0.05, 0) is 43.3 Å². The summed E-state index contributed by atoms with van der Waals surface area (Å²) in [6, 6.07) is 13.0. The standard InChI is InChI=1S/C21H23NO5/c1-3-25-16-4-6-17(7-5-16)26-11-10-22-21(23)12-15-14-27-20-13-18(24-2)8-9-19(15)20/h4-9,13-14H,3,10-12H2,1-2H3,(H,22,23). The molecule has 1 heterocycles. The van der Waals surface area contributed by atoms with Gasteiger partial charge in [-0.15, -0.1) is 0 Å². The van der Waals surface area contributed by atoms with Crippen LogP contribution in [0.5, 0.6) is 17.2 Å². The maximum absolute atomic E-state index is 12.2. The highest BCUT2D eigenvalue weighted by Gasteiger charge is 2.11. The van der Waals surface area contributed by atoms with Gasteiger partial charge in [0, 0.05) is 17.0 Å². The van der Waals surface area contributed by atoms with Crippen LogP contribution in [0.25, 0.3) is 11.0 Å². The SMILES string of the molecule is CCOc1ccc(OCCNC(=O)Cc2coc3cc(OC)ccc23)cc1. The lowest BCUT2D eigenvalue weighted by Gasteiger charge is -2.08. The molecule has 3 rings (SSSR count). The Bertz CT molecular complexity index is 885. The van der Waals surface area contributed by atoms with Gasteiger partial charge in [0.2, 0.25) is 5.91 Å². The molecule has 0 saturated carbocycles. The predicted octanol–water partition coefficient (Wildman–Crippen LogP) is 3.58. The van der Waals surface area contributed by atoms with Gasteiger partial charge in [0.15, 0.2) is 0 Å². The fourth-order valence-corrected chi connectivity index (χ4v) is 2.72. The van der Waals surface area contributed by atoms with Crippen LogP contribution in [0.4, 0.5) is 0 Å². The van der Waals surface area contributed by atoms with Crippen LogP contribution in [0.1, 0.15) is 12.5 Å². The van der Waals surface area contributed by atoms with Crippen LogP contribution in [0, 0.1) is 0 Å². The van der Waals surface area contributed by atoms with Crippen LogP contribution in [-0.2, 0) is 11.2 Å². The van der Waals surface area contributed by atoms with E-state index in [0.29, 0.717) is 25.3 Å². The van der Waals surface area contributed by atoms with Gasteiger partial charge < -0.3 is 23.9 Å². The molecule has 27 heavy (non-hydrogen) atoms. The van der Waals surface area contributed by atoms with Gasteiger partial charge in [0.1, 0.15) is 29.4 Å². The molecule has 0 aliphatic rings. The van der Waals surface area contributed by atoms with Gasteiger partial charge in [0.05, 0.1) is 32.9 Å². The molecule has 0 spiro atoms. The number of methoxy groups -OCH3 is 1. The minimum atomic E-state index is -0.0798. The van der Waals surface area contributed by atoms with Crippen molar-refractivity contribution >= 4 is 16.9 Å². The minimum absolute atomic E-state index is 0.0798. The summed E-state index contributed by atoms with van der Waals surface area (Å²) in [4.78, 5) is 12.2. The van der Waals surface area contributed by atoms with Gasteiger partial charge in [0.25, 0.3) is 0 Å². The van der Waals surface area contributed by atoms with Gasteiger partial charge >= 0.3 is 0 Å². The highest BCUT2D eigenvalue weighted by atomic mass is 16.5. The number of benzene rings is 2. The molecule has 0 bridgehead atoms. The molecule has 0 aliphatic heterocycles. The average Bonchev–Trinajstić information content (AvgIpc) is 3.08. The molecule has 0 unspecified atom stereocenters. The molecule has 142 valence electrons.